The van der Waals surface area contributed by atoms with Crippen molar-refractivity contribution in [3.63, 3.8) is 0 Å². The lowest BCUT2D eigenvalue weighted by Crippen LogP contribution is -2.65. The summed E-state index contributed by atoms with van der Waals surface area (Å²) in [6, 6.07) is 0. The molecule has 0 fully saturated rings. The molecule has 1 amide bonds. The standard InChI is InChI=1S/C11H22N2O3S2/c1-5-9(18-4)11(10(15)16,6-7-17-3)13(12)8(2)14/h9H,5-7,12H2,1-4H3,(H,15,16). The highest BCUT2D eigenvalue weighted by Crippen LogP contribution is 2.33. The molecule has 0 heterocycles. The molecule has 0 rings (SSSR count). The van der Waals surface area contributed by atoms with Crippen LogP contribution in [-0.2, 0) is 9.59 Å². The summed E-state index contributed by atoms with van der Waals surface area (Å²) in [5, 5.41) is 10.3. The average Bonchev–Trinajstić information content (AvgIpc) is 2.33. The number of rotatable bonds is 8. The van der Waals surface area contributed by atoms with Crippen LogP contribution >= 0.6 is 23.5 Å². The van der Waals surface area contributed by atoms with Crippen LogP contribution in [0.2, 0.25) is 0 Å². The van der Waals surface area contributed by atoms with Crippen molar-refractivity contribution in [2.75, 3.05) is 18.3 Å². The summed E-state index contributed by atoms with van der Waals surface area (Å²) in [7, 11) is 0. The fraction of sp³-hybridized carbons (Fsp3) is 0.818. The molecule has 2 unspecified atom stereocenters. The number of aliphatic carboxylic acids is 1. The third kappa shape index (κ3) is 3.55. The van der Waals surface area contributed by atoms with E-state index in [0.29, 0.717) is 18.6 Å². The van der Waals surface area contributed by atoms with Gasteiger partial charge in [-0.3, -0.25) is 9.80 Å². The number of carbonyl (C=O) groups excluding carboxylic acids is 1. The van der Waals surface area contributed by atoms with E-state index in [9.17, 15) is 14.7 Å². The number of carboxylic acids is 1. The molecule has 0 aliphatic heterocycles. The number of nitrogens with two attached hydrogens (primary N) is 1. The summed E-state index contributed by atoms with van der Waals surface area (Å²) in [6.45, 7) is 3.20. The first-order valence-corrected chi connectivity index (χ1v) is 8.37. The Labute approximate surface area is 117 Å². The minimum atomic E-state index is -1.33. The van der Waals surface area contributed by atoms with Crippen molar-refractivity contribution in [3.05, 3.63) is 0 Å². The zero-order valence-electron chi connectivity index (χ0n) is 11.3. The molecule has 0 saturated heterocycles. The molecule has 5 nitrogen and oxygen atoms in total. The number of amides is 1. The lowest BCUT2D eigenvalue weighted by Gasteiger charge is -2.41. The largest absolute Gasteiger partial charge is 0.479 e. The molecule has 0 spiro atoms. The van der Waals surface area contributed by atoms with Gasteiger partial charge in [0.15, 0.2) is 5.54 Å². The molecule has 2 atom stereocenters. The highest BCUT2D eigenvalue weighted by atomic mass is 32.2. The number of hydrogen-bond donors (Lipinski definition) is 2. The Morgan fingerprint density at radius 1 is 1.44 bits per heavy atom. The van der Waals surface area contributed by atoms with Gasteiger partial charge in [0, 0.05) is 12.2 Å². The Kier molecular flexibility index (Phi) is 7.73. The molecule has 106 valence electrons. The fourth-order valence-electron chi connectivity index (χ4n) is 2.02. The summed E-state index contributed by atoms with van der Waals surface area (Å²) in [5.41, 5.74) is -1.33. The fourth-order valence-corrected chi connectivity index (χ4v) is 3.59. The van der Waals surface area contributed by atoms with Gasteiger partial charge in [0.05, 0.1) is 0 Å². The predicted molar refractivity (Wildman–Crippen MR) is 77.7 cm³/mol. The van der Waals surface area contributed by atoms with Gasteiger partial charge >= 0.3 is 5.97 Å². The molecule has 0 saturated carbocycles. The first-order chi connectivity index (χ1) is 8.38. The first-order valence-electron chi connectivity index (χ1n) is 5.69. The lowest BCUT2D eigenvalue weighted by molar-refractivity contribution is -0.159. The summed E-state index contributed by atoms with van der Waals surface area (Å²) in [6.07, 6.45) is 4.74. The van der Waals surface area contributed by atoms with Crippen LogP contribution in [0.1, 0.15) is 26.7 Å². The van der Waals surface area contributed by atoms with Crippen molar-refractivity contribution < 1.29 is 14.7 Å². The maximum Gasteiger partial charge on any atom is 0.332 e. The minimum Gasteiger partial charge on any atom is -0.479 e. The first kappa shape index (κ1) is 17.6. The van der Waals surface area contributed by atoms with Gasteiger partial charge in [-0.1, -0.05) is 6.92 Å². The maximum absolute atomic E-state index is 11.7. The van der Waals surface area contributed by atoms with Crippen molar-refractivity contribution in [3.8, 4) is 0 Å². The summed E-state index contributed by atoms with van der Waals surface area (Å²) >= 11 is 2.98. The zero-order valence-corrected chi connectivity index (χ0v) is 12.9. The number of carboxylic acid groups (broad SMARTS) is 1. The summed E-state index contributed by atoms with van der Waals surface area (Å²) in [4.78, 5) is 23.3. The number of hydrogen-bond acceptors (Lipinski definition) is 5. The Bertz CT molecular complexity index is 298. The zero-order chi connectivity index (χ0) is 14.3. The van der Waals surface area contributed by atoms with E-state index in [1.165, 1.54) is 18.7 Å². The van der Waals surface area contributed by atoms with Gasteiger partial charge in [-0.25, -0.2) is 10.6 Å². The third-order valence-corrected chi connectivity index (χ3v) is 4.92. The summed E-state index contributed by atoms with van der Waals surface area (Å²) < 4.78 is 0. The van der Waals surface area contributed by atoms with Crippen molar-refractivity contribution in [2.45, 2.75) is 37.5 Å². The molecule has 0 aromatic rings. The number of carbonyl (C=O) groups is 2. The second-order valence-electron chi connectivity index (χ2n) is 3.99. The molecule has 0 aliphatic rings. The van der Waals surface area contributed by atoms with Crippen LogP contribution in [0.5, 0.6) is 0 Å². The van der Waals surface area contributed by atoms with Crippen LogP contribution in [0.25, 0.3) is 0 Å². The highest BCUT2D eigenvalue weighted by Gasteiger charge is 2.50. The molecular formula is C11H22N2O3S2. The van der Waals surface area contributed by atoms with E-state index in [1.54, 1.807) is 11.8 Å². The van der Waals surface area contributed by atoms with Gasteiger partial charge in [0.25, 0.3) is 0 Å². The number of nitrogens with zero attached hydrogens (tertiary/aromatic N) is 1. The molecular weight excluding hydrogens is 272 g/mol. The monoisotopic (exact) mass is 294 g/mol. The molecule has 0 bridgehead atoms. The van der Waals surface area contributed by atoms with Gasteiger partial charge in [-0.15, -0.1) is 0 Å². The molecule has 0 radical (unpaired) electrons. The molecule has 0 aromatic heterocycles. The van der Waals surface area contributed by atoms with Gasteiger partial charge in [-0.05, 0) is 31.1 Å². The molecule has 0 aliphatic carbocycles. The minimum absolute atomic E-state index is 0.226. The third-order valence-electron chi connectivity index (χ3n) is 3.01. The van der Waals surface area contributed by atoms with Crippen LogP contribution in [0, 0.1) is 0 Å². The lowest BCUT2D eigenvalue weighted by atomic mass is 9.89. The Morgan fingerprint density at radius 3 is 2.28 bits per heavy atom. The molecule has 3 N–H and O–H groups in total. The van der Waals surface area contributed by atoms with Gasteiger partial charge < -0.3 is 5.11 Å². The van der Waals surface area contributed by atoms with E-state index >= 15 is 0 Å². The van der Waals surface area contributed by atoms with Crippen molar-refractivity contribution in [2.24, 2.45) is 5.84 Å². The predicted octanol–water partition coefficient (Wildman–Crippen LogP) is 1.43. The van der Waals surface area contributed by atoms with Gasteiger partial charge in [0.2, 0.25) is 5.91 Å². The smallest absolute Gasteiger partial charge is 0.332 e. The summed E-state index contributed by atoms with van der Waals surface area (Å²) in [5.74, 6) is 4.96. The quantitative estimate of drug-likeness (QED) is 0.400. The second-order valence-corrected chi connectivity index (χ2v) is 6.02. The van der Waals surface area contributed by atoms with Crippen LogP contribution in [0.3, 0.4) is 0 Å². The van der Waals surface area contributed by atoms with E-state index in [-0.39, 0.29) is 5.25 Å². The van der Waals surface area contributed by atoms with Crippen LogP contribution in [0.15, 0.2) is 0 Å². The van der Waals surface area contributed by atoms with Gasteiger partial charge in [0.1, 0.15) is 0 Å². The normalized spacial score (nSPS) is 15.8. The van der Waals surface area contributed by atoms with E-state index in [0.717, 1.165) is 5.01 Å². The Balaban J connectivity index is 5.54. The SMILES string of the molecule is CCC(SC)C(CCSC)(C(=O)O)N(N)C(C)=O. The molecule has 7 heteroatoms. The number of hydrazine groups is 1. The van der Waals surface area contributed by atoms with E-state index in [2.05, 4.69) is 0 Å². The van der Waals surface area contributed by atoms with E-state index in [1.807, 2.05) is 19.4 Å². The topological polar surface area (TPSA) is 83.6 Å². The highest BCUT2D eigenvalue weighted by molar-refractivity contribution is 7.99. The van der Waals surface area contributed by atoms with E-state index in [4.69, 9.17) is 5.84 Å². The molecule has 18 heavy (non-hydrogen) atoms. The number of thioether (sulfide) groups is 2. The van der Waals surface area contributed by atoms with Crippen LogP contribution in [0.4, 0.5) is 0 Å². The maximum atomic E-state index is 11.7. The van der Waals surface area contributed by atoms with Crippen molar-refractivity contribution in [1.29, 1.82) is 0 Å². The van der Waals surface area contributed by atoms with E-state index < -0.39 is 17.4 Å². The Morgan fingerprint density at radius 2 is 2.00 bits per heavy atom. The Hall–Kier alpha value is -0.400. The average molecular weight is 294 g/mol. The van der Waals surface area contributed by atoms with Crippen LogP contribution in [-0.4, -0.2) is 51.0 Å². The van der Waals surface area contributed by atoms with Gasteiger partial charge in [-0.2, -0.15) is 23.5 Å². The van der Waals surface area contributed by atoms with Crippen molar-refractivity contribution >= 4 is 35.4 Å². The van der Waals surface area contributed by atoms with Crippen LogP contribution < -0.4 is 5.84 Å². The molecule has 0 aromatic carbocycles. The van der Waals surface area contributed by atoms with Crippen molar-refractivity contribution in [1.82, 2.24) is 5.01 Å². The second kappa shape index (κ2) is 7.91.